The van der Waals surface area contributed by atoms with Crippen molar-refractivity contribution in [2.45, 2.75) is 42.9 Å². The topological polar surface area (TPSA) is 41.6 Å². The first-order valence-electron chi connectivity index (χ1n) is 9.58. The van der Waals surface area contributed by atoms with Crippen LogP contribution in [-0.2, 0) is 11.3 Å². The zero-order chi connectivity index (χ0) is 19.1. The number of carbonyl (C=O) groups is 1. The Hall–Kier alpha value is -2.14. The summed E-state index contributed by atoms with van der Waals surface area (Å²) in [6.07, 6.45) is 3.90. The molecule has 1 heterocycles. The lowest BCUT2D eigenvalue weighted by Crippen LogP contribution is -2.30. The van der Waals surface area contributed by atoms with Crippen molar-refractivity contribution in [1.82, 2.24) is 5.32 Å². The van der Waals surface area contributed by atoms with E-state index in [4.69, 9.17) is 4.74 Å². The van der Waals surface area contributed by atoms with E-state index in [2.05, 4.69) is 34.5 Å². The van der Waals surface area contributed by atoms with Crippen LogP contribution < -0.4 is 15.0 Å². The summed E-state index contributed by atoms with van der Waals surface area (Å²) in [5.41, 5.74) is 2.42. The number of ether oxygens (including phenoxy) is 1. The molecule has 1 amide bonds. The van der Waals surface area contributed by atoms with Crippen molar-refractivity contribution in [2.24, 2.45) is 0 Å². The number of thioether (sulfide) groups is 1. The maximum absolute atomic E-state index is 12.4. The first kappa shape index (κ1) is 19.6. The van der Waals surface area contributed by atoms with Gasteiger partial charge in [0.05, 0.1) is 12.4 Å². The van der Waals surface area contributed by atoms with Gasteiger partial charge in [0.2, 0.25) is 5.91 Å². The second-order valence-corrected chi connectivity index (χ2v) is 8.28. The maximum Gasteiger partial charge on any atom is 0.233 e. The van der Waals surface area contributed by atoms with Crippen LogP contribution >= 0.6 is 11.8 Å². The minimum atomic E-state index is -0.147. The van der Waals surface area contributed by atoms with Gasteiger partial charge in [-0.2, -0.15) is 0 Å². The lowest BCUT2D eigenvalue weighted by Gasteiger charge is -2.28. The van der Waals surface area contributed by atoms with Crippen molar-refractivity contribution in [2.75, 3.05) is 25.1 Å². The lowest BCUT2D eigenvalue weighted by atomic mass is 10.1. The Bertz CT molecular complexity index is 725. The number of rotatable bonds is 7. The molecule has 1 unspecified atom stereocenters. The summed E-state index contributed by atoms with van der Waals surface area (Å²) in [5.74, 6) is 0.875. The van der Waals surface area contributed by atoms with Crippen LogP contribution in [0.3, 0.4) is 0 Å². The summed E-state index contributed by atoms with van der Waals surface area (Å²) in [5, 5.41) is 2.90. The molecule has 0 radical (unpaired) electrons. The van der Waals surface area contributed by atoms with Gasteiger partial charge in [0.15, 0.2) is 0 Å². The van der Waals surface area contributed by atoms with Crippen LogP contribution in [0.2, 0.25) is 0 Å². The van der Waals surface area contributed by atoms with Gasteiger partial charge in [0.1, 0.15) is 5.75 Å². The molecule has 0 saturated carbocycles. The van der Waals surface area contributed by atoms with Crippen molar-refractivity contribution in [3.63, 3.8) is 0 Å². The zero-order valence-electron chi connectivity index (χ0n) is 16.1. The molecule has 0 spiro atoms. The highest BCUT2D eigenvalue weighted by molar-refractivity contribution is 8.00. The molecule has 0 aliphatic carbocycles. The molecule has 1 saturated heterocycles. The Morgan fingerprint density at radius 1 is 1.07 bits per heavy atom. The molecule has 2 aromatic carbocycles. The average Bonchev–Trinajstić information content (AvgIpc) is 2.73. The highest BCUT2D eigenvalue weighted by atomic mass is 32.2. The second kappa shape index (κ2) is 9.70. The number of piperidine rings is 1. The highest BCUT2D eigenvalue weighted by Crippen LogP contribution is 2.25. The van der Waals surface area contributed by atoms with Crippen molar-refractivity contribution in [3.8, 4) is 5.75 Å². The van der Waals surface area contributed by atoms with E-state index in [-0.39, 0.29) is 11.2 Å². The molecule has 1 N–H and O–H groups in total. The molecule has 3 rings (SSSR count). The Morgan fingerprint density at radius 2 is 1.74 bits per heavy atom. The number of hydrogen-bond donors (Lipinski definition) is 1. The van der Waals surface area contributed by atoms with Gasteiger partial charge in [-0.3, -0.25) is 4.79 Å². The van der Waals surface area contributed by atoms with Crippen LogP contribution in [0, 0.1) is 0 Å². The highest BCUT2D eigenvalue weighted by Gasteiger charge is 2.14. The van der Waals surface area contributed by atoms with Gasteiger partial charge in [0.25, 0.3) is 0 Å². The van der Waals surface area contributed by atoms with Crippen molar-refractivity contribution < 1.29 is 9.53 Å². The summed E-state index contributed by atoms with van der Waals surface area (Å²) >= 11 is 1.55. The SMILES string of the molecule is COc1ccc(SC(C)C(=O)NCc2ccc(N3CCCCC3)cc2)cc1. The molecule has 1 aliphatic heterocycles. The van der Waals surface area contributed by atoms with Crippen LogP contribution in [0.5, 0.6) is 5.75 Å². The number of amides is 1. The average molecular weight is 385 g/mol. The molecule has 27 heavy (non-hydrogen) atoms. The van der Waals surface area contributed by atoms with E-state index in [1.165, 1.54) is 24.9 Å². The monoisotopic (exact) mass is 384 g/mol. The number of carbonyl (C=O) groups excluding carboxylic acids is 1. The van der Waals surface area contributed by atoms with Crippen molar-refractivity contribution in [3.05, 3.63) is 54.1 Å². The van der Waals surface area contributed by atoms with Crippen LogP contribution in [0.15, 0.2) is 53.4 Å². The summed E-state index contributed by atoms with van der Waals surface area (Å²) < 4.78 is 5.16. The van der Waals surface area contributed by atoms with E-state index in [1.54, 1.807) is 18.9 Å². The largest absolute Gasteiger partial charge is 0.497 e. The van der Waals surface area contributed by atoms with E-state index in [0.717, 1.165) is 29.3 Å². The number of nitrogens with zero attached hydrogens (tertiary/aromatic N) is 1. The Morgan fingerprint density at radius 3 is 2.37 bits per heavy atom. The minimum absolute atomic E-state index is 0.0518. The first-order chi connectivity index (χ1) is 13.2. The number of benzene rings is 2. The molecule has 1 fully saturated rings. The molecular formula is C22H28N2O2S. The molecule has 4 nitrogen and oxygen atoms in total. The van der Waals surface area contributed by atoms with Crippen LogP contribution in [-0.4, -0.2) is 31.4 Å². The molecule has 5 heteroatoms. The van der Waals surface area contributed by atoms with Crippen molar-refractivity contribution >= 4 is 23.4 Å². The summed E-state index contributed by atoms with van der Waals surface area (Å²) in [7, 11) is 1.65. The quantitative estimate of drug-likeness (QED) is 0.715. The van der Waals surface area contributed by atoms with Crippen LogP contribution in [0.25, 0.3) is 0 Å². The van der Waals surface area contributed by atoms with Gasteiger partial charge in [-0.15, -0.1) is 11.8 Å². The summed E-state index contributed by atoms with van der Waals surface area (Å²) in [6.45, 7) is 4.79. The second-order valence-electron chi connectivity index (χ2n) is 6.87. The van der Waals surface area contributed by atoms with E-state index >= 15 is 0 Å². The van der Waals surface area contributed by atoms with Gasteiger partial charge in [0, 0.05) is 30.2 Å². The number of hydrogen-bond acceptors (Lipinski definition) is 4. The molecule has 2 aromatic rings. The van der Waals surface area contributed by atoms with Gasteiger partial charge in [-0.25, -0.2) is 0 Å². The summed E-state index contributed by atoms with van der Waals surface area (Å²) in [4.78, 5) is 15.9. The molecule has 1 atom stereocenters. The first-order valence-corrected chi connectivity index (χ1v) is 10.5. The fraction of sp³-hybridized carbons (Fsp3) is 0.409. The molecule has 0 aromatic heterocycles. The minimum Gasteiger partial charge on any atom is -0.497 e. The normalized spacial score (nSPS) is 15.3. The molecular weight excluding hydrogens is 356 g/mol. The van der Waals surface area contributed by atoms with Gasteiger partial charge in [-0.1, -0.05) is 12.1 Å². The predicted molar refractivity (Wildman–Crippen MR) is 113 cm³/mol. The van der Waals surface area contributed by atoms with E-state index in [0.29, 0.717) is 6.54 Å². The predicted octanol–water partition coefficient (Wildman–Crippen LogP) is 4.48. The van der Waals surface area contributed by atoms with Gasteiger partial charge >= 0.3 is 0 Å². The van der Waals surface area contributed by atoms with Gasteiger partial charge < -0.3 is 15.0 Å². The lowest BCUT2D eigenvalue weighted by molar-refractivity contribution is -0.120. The number of nitrogens with one attached hydrogen (secondary N) is 1. The molecule has 0 bridgehead atoms. The fourth-order valence-electron chi connectivity index (χ4n) is 3.22. The smallest absolute Gasteiger partial charge is 0.233 e. The van der Waals surface area contributed by atoms with Crippen molar-refractivity contribution in [1.29, 1.82) is 0 Å². The molecule has 1 aliphatic rings. The number of anilines is 1. The standard InChI is InChI=1S/C22H28N2O2S/c1-17(27-21-12-10-20(26-2)11-13-21)22(25)23-16-18-6-8-19(9-7-18)24-14-4-3-5-15-24/h6-13,17H,3-5,14-16H2,1-2H3,(H,23,25). The maximum atomic E-state index is 12.4. The third kappa shape index (κ3) is 5.67. The Kier molecular flexibility index (Phi) is 7.04. The van der Waals surface area contributed by atoms with E-state index in [9.17, 15) is 4.79 Å². The summed E-state index contributed by atoms with van der Waals surface area (Å²) in [6, 6.07) is 16.4. The van der Waals surface area contributed by atoms with E-state index < -0.39 is 0 Å². The Labute approximate surface area is 166 Å². The molecule has 144 valence electrons. The Balaban J connectivity index is 1.47. The third-order valence-corrected chi connectivity index (χ3v) is 5.98. The van der Waals surface area contributed by atoms with E-state index in [1.807, 2.05) is 31.2 Å². The number of methoxy groups -OCH3 is 1. The van der Waals surface area contributed by atoms with Gasteiger partial charge in [-0.05, 0) is 68.1 Å². The van der Waals surface area contributed by atoms with Crippen LogP contribution in [0.4, 0.5) is 5.69 Å². The van der Waals surface area contributed by atoms with Crippen LogP contribution in [0.1, 0.15) is 31.7 Å². The fourth-order valence-corrected chi connectivity index (χ4v) is 4.11. The third-order valence-electron chi connectivity index (χ3n) is 4.87. The zero-order valence-corrected chi connectivity index (χ0v) is 16.9.